The molecule has 2 aromatic carbocycles. The second-order valence-electron chi connectivity index (χ2n) is 5.79. The summed E-state index contributed by atoms with van der Waals surface area (Å²) in [6, 6.07) is 18.7. The smallest absolute Gasteiger partial charge is 0.0163 e. The van der Waals surface area contributed by atoms with Crippen molar-refractivity contribution in [1.29, 1.82) is 0 Å². The van der Waals surface area contributed by atoms with E-state index >= 15 is 0 Å². The first-order valence-electron chi connectivity index (χ1n) is 8.13. The van der Waals surface area contributed by atoms with Crippen molar-refractivity contribution in [2.45, 2.75) is 34.1 Å². The van der Waals surface area contributed by atoms with Gasteiger partial charge in [-0.25, -0.2) is 0 Å². The molecule has 0 radical (unpaired) electrons. The van der Waals surface area contributed by atoms with E-state index in [9.17, 15) is 0 Å². The number of allylic oxidation sites excluding steroid dienone is 6. The molecule has 0 N–H and O–H groups in total. The molecular weight excluding hydrogens is 276 g/mol. The zero-order valence-electron chi connectivity index (χ0n) is 14.8. The maximum absolute atomic E-state index is 2.16. The van der Waals surface area contributed by atoms with Gasteiger partial charge in [0.15, 0.2) is 0 Å². The number of hydrogen-bond acceptors (Lipinski definition) is 0. The Balaban J connectivity index is 0.000000173. The normalized spacial score (nSPS) is 12.1. The van der Waals surface area contributed by atoms with E-state index in [2.05, 4.69) is 94.5 Å². The molecule has 0 unspecified atom stereocenters. The predicted octanol–water partition coefficient (Wildman–Crippen LogP) is 6.75. The molecule has 0 heteroatoms. The SMILES string of the molecule is CC1=CC=CCC=C1.Cc1ccc(C)cc1.Cc1ccccc1. The monoisotopic (exact) mass is 304 g/mol. The van der Waals surface area contributed by atoms with Gasteiger partial charge >= 0.3 is 0 Å². The van der Waals surface area contributed by atoms with Crippen LogP contribution in [0.1, 0.15) is 30.0 Å². The molecular formula is C23H28. The Morgan fingerprint density at radius 1 is 0.609 bits per heavy atom. The molecule has 0 nitrogen and oxygen atoms in total. The molecule has 2 aromatic rings. The molecule has 0 aliphatic heterocycles. The maximum Gasteiger partial charge on any atom is -0.0163 e. The van der Waals surface area contributed by atoms with Crippen molar-refractivity contribution in [2.24, 2.45) is 0 Å². The molecule has 3 rings (SSSR count). The van der Waals surface area contributed by atoms with Crippen LogP contribution in [0.25, 0.3) is 0 Å². The number of rotatable bonds is 0. The minimum Gasteiger partial charge on any atom is -0.0807 e. The predicted molar refractivity (Wildman–Crippen MR) is 104 cm³/mol. The van der Waals surface area contributed by atoms with Crippen molar-refractivity contribution >= 4 is 0 Å². The van der Waals surface area contributed by atoms with Crippen LogP contribution in [0.4, 0.5) is 0 Å². The van der Waals surface area contributed by atoms with E-state index in [1.807, 2.05) is 18.2 Å². The molecule has 1 aliphatic rings. The summed E-state index contributed by atoms with van der Waals surface area (Å²) in [7, 11) is 0. The fourth-order valence-corrected chi connectivity index (χ4v) is 1.86. The van der Waals surface area contributed by atoms with E-state index in [-0.39, 0.29) is 0 Å². The van der Waals surface area contributed by atoms with Crippen molar-refractivity contribution in [3.63, 3.8) is 0 Å². The van der Waals surface area contributed by atoms with Gasteiger partial charge < -0.3 is 0 Å². The highest BCUT2D eigenvalue weighted by Crippen LogP contribution is 2.01. The molecule has 0 amide bonds. The van der Waals surface area contributed by atoms with Gasteiger partial charge in [0, 0.05) is 0 Å². The number of aryl methyl sites for hydroxylation is 3. The van der Waals surface area contributed by atoms with E-state index in [1.54, 1.807) is 0 Å². The molecule has 0 saturated carbocycles. The zero-order chi connectivity index (χ0) is 16.9. The van der Waals surface area contributed by atoms with Crippen LogP contribution in [0.15, 0.2) is 90.6 Å². The third kappa shape index (κ3) is 10.1. The summed E-state index contributed by atoms with van der Waals surface area (Å²) >= 11 is 0. The van der Waals surface area contributed by atoms with Gasteiger partial charge in [0.1, 0.15) is 0 Å². The number of benzene rings is 2. The Hall–Kier alpha value is -2.34. The first kappa shape index (κ1) is 18.7. The summed E-state index contributed by atoms with van der Waals surface area (Å²) in [5.41, 5.74) is 5.31. The van der Waals surface area contributed by atoms with Crippen molar-refractivity contribution < 1.29 is 0 Å². The highest BCUT2D eigenvalue weighted by Gasteiger charge is 1.81. The Morgan fingerprint density at radius 3 is 1.61 bits per heavy atom. The minimum atomic E-state index is 1.08. The van der Waals surface area contributed by atoms with Crippen LogP contribution in [-0.2, 0) is 0 Å². The minimum absolute atomic E-state index is 1.08. The van der Waals surface area contributed by atoms with Gasteiger partial charge in [0.2, 0.25) is 0 Å². The topological polar surface area (TPSA) is 0 Å². The van der Waals surface area contributed by atoms with Crippen LogP contribution < -0.4 is 0 Å². The van der Waals surface area contributed by atoms with Gasteiger partial charge in [0.25, 0.3) is 0 Å². The Labute approximate surface area is 141 Å². The van der Waals surface area contributed by atoms with Crippen LogP contribution in [0.5, 0.6) is 0 Å². The number of hydrogen-bond donors (Lipinski definition) is 0. The zero-order valence-corrected chi connectivity index (χ0v) is 14.8. The lowest BCUT2D eigenvalue weighted by Gasteiger charge is -1.90. The fourth-order valence-electron chi connectivity index (χ4n) is 1.86. The van der Waals surface area contributed by atoms with Crippen LogP contribution in [0.2, 0.25) is 0 Å². The molecule has 0 fully saturated rings. The summed E-state index contributed by atoms with van der Waals surface area (Å²) in [6.45, 7) is 8.38. The van der Waals surface area contributed by atoms with Gasteiger partial charge in [0.05, 0.1) is 0 Å². The van der Waals surface area contributed by atoms with Gasteiger partial charge in [-0.2, -0.15) is 0 Å². The van der Waals surface area contributed by atoms with Gasteiger partial charge in [-0.1, -0.05) is 107 Å². The van der Waals surface area contributed by atoms with Crippen molar-refractivity contribution in [1.82, 2.24) is 0 Å². The third-order valence-corrected chi connectivity index (χ3v) is 3.31. The highest BCUT2D eigenvalue weighted by atomic mass is 13.9. The molecule has 0 heterocycles. The van der Waals surface area contributed by atoms with E-state index in [0.29, 0.717) is 0 Å². The lowest BCUT2D eigenvalue weighted by molar-refractivity contribution is 1.40. The summed E-state index contributed by atoms with van der Waals surface area (Å²) in [5, 5.41) is 0. The van der Waals surface area contributed by atoms with Crippen molar-refractivity contribution in [3.05, 3.63) is 107 Å². The standard InChI is InChI=1S/2C8H10.C7H8/c1-7-3-5-8(2)6-4-7;1-8-6-4-2-3-5-7-8;1-7-5-3-2-4-6-7/h3-6H,1-2H3;2,4-7H,3H2,1H3;2-6H,1H3. The average Bonchev–Trinajstić information content (AvgIpc) is 2.80. The van der Waals surface area contributed by atoms with Crippen molar-refractivity contribution in [2.75, 3.05) is 0 Å². The molecule has 120 valence electrons. The lowest BCUT2D eigenvalue weighted by atomic mass is 10.2. The Morgan fingerprint density at radius 2 is 1.13 bits per heavy atom. The summed E-state index contributed by atoms with van der Waals surface area (Å²) in [6.07, 6.45) is 11.7. The van der Waals surface area contributed by atoms with E-state index in [1.165, 1.54) is 22.3 Å². The molecule has 1 aliphatic carbocycles. The summed E-state index contributed by atoms with van der Waals surface area (Å²) < 4.78 is 0. The van der Waals surface area contributed by atoms with Gasteiger partial charge in [-0.05, 0) is 34.1 Å². The van der Waals surface area contributed by atoms with Crippen LogP contribution in [-0.4, -0.2) is 0 Å². The lowest BCUT2D eigenvalue weighted by Crippen LogP contribution is -1.70. The van der Waals surface area contributed by atoms with Crippen LogP contribution >= 0.6 is 0 Å². The summed E-state index contributed by atoms with van der Waals surface area (Å²) in [5.74, 6) is 0. The maximum atomic E-state index is 2.16. The first-order chi connectivity index (χ1) is 11.1. The Bertz CT molecular complexity index is 604. The highest BCUT2D eigenvalue weighted by molar-refractivity contribution is 5.25. The van der Waals surface area contributed by atoms with Crippen LogP contribution in [0.3, 0.4) is 0 Å². The third-order valence-electron chi connectivity index (χ3n) is 3.31. The molecule has 0 bridgehead atoms. The van der Waals surface area contributed by atoms with E-state index in [4.69, 9.17) is 0 Å². The first-order valence-corrected chi connectivity index (χ1v) is 8.13. The Kier molecular flexibility index (Phi) is 9.16. The molecule has 23 heavy (non-hydrogen) atoms. The quantitative estimate of drug-likeness (QED) is 0.505. The molecule has 0 atom stereocenters. The molecule has 0 saturated heterocycles. The van der Waals surface area contributed by atoms with E-state index in [0.717, 1.165) is 6.42 Å². The fraction of sp³-hybridized carbons (Fsp3) is 0.217. The van der Waals surface area contributed by atoms with Gasteiger partial charge in [-0.3, -0.25) is 0 Å². The molecule has 0 spiro atoms. The second kappa shape index (κ2) is 11.3. The second-order valence-corrected chi connectivity index (χ2v) is 5.79. The molecule has 0 aromatic heterocycles. The summed E-state index contributed by atoms with van der Waals surface area (Å²) in [4.78, 5) is 0. The van der Waals surface area contributed by atoms with Crippen molar-refractivity contribution in [3.8, 4) is 0 Å². The average molecular weight is 304 g/mol. The van der Waals surface area contributed by atoms with Crippen LogP contribution in [0, 0.1) is 20.8 Å². The van der Waals surface area contributed by atoms with E-state index < -0.39 is 0 Å². The van der Waals surface area contributed by atoms with Gasteiger partial charge in [-0.15, -0.1) is 0 Å². The largest absolute Gasteiger partial charge is 0.0807 e.